The zero-order valence-corrected chi connectivity index (χ0v) is 15.0. The molecule has 0 heterocycles. The lowest BCUT2D eigenvalue weighted by Crippen LogP contribution is -1.98. The molecule has 0 aliphatic carbocycles. The minimum atomic E-state index is -0.112. The number of hydrogen-bond acceptors (Lipinski definition) is 0. The standard InChI is InChI=1S/C16H15Br2Cl/c1-9-8-15(18)11(3)7-13(9)16(19)12-4-5-14(17)10(2)6-12/h4-8,16H,1-3H3. The Morgan fingerprint density at radius 3 is 2.11 bits per heavy atom. The fourth-order valence-electron chi connectivity index (χ4n) is 2.08. The first-order valence-corrected chi connectivity index (χ1v) is 8.09. The fraction of sp³-hybridized carbons (Fsp3) is 0.250. The Labute approximate surface area is 136 Å². The van der Waals surface area contributed by atoms with Gasteiger partial charge in [0.1, 0.15) is 0 Å². The van der Waals surface area contributed by atoms with Gasteiger partial charge >= 0.3 is 0 Å². The van der Waals surface area contributed by atoms with Gasteiger partial charge in [-0.3, -0.25) is 0 Å². The Balaban J connectivity index is 2.46. The summed E-state index contributed by atoms with van der Waals surface area (Å²) in [7, 11) is 0. The third kappa shape index (κ3) is 3.24. The summed E-state index contributed by atoms with van der Waals surface area (Å²) >= 11 is 13.7. The first kappa shape index (κ1) is 15.1. The van der Waals surface area contributed by atoms with Crippen LogP contribution < -0.4 is 0 Å². The zero-order chi connectivity index (χ0) is 14.2. The summed E-state index contributed by atoms with van der Waals surface area (Å²) in [6.45, 7) is 6.26. The second kappa shape index (κ2) is 5.99. The highest BCUT2D eigenvalue weighted by molar-refractivity contribution is 9.10. The molecule has 3 heteroatoms. The molecule has 2 aromatic carbocycles. The van der Waals surface area contributed by atoms with Gasteiger partial charge in [-0.25, -0.2) is 0 Å². The van der Waals surface area contributed by atoms with Crippen molar-refractivity contribution in [2.45, 2.75) is 26.1 Å². The van der Waals surface area contributed by atoms with Crippen LogP contribution in [0.3, 0.4) is 0 Å². The molecule has 0 radical (unpaired) electrons. The van der Waals surface area contributed by atoms with Crippen LogP contribution in [0, 0.1) is 20.8 Å². The Kier molecular flexibility index (Phi) is 4.75. The number of aryl methyl sites for hydroxylation is 3. The molecule has 2 aromatic rings. The van der Waals surface area contributed by atoms with Crippen molar-refractivity contribution in [2.75, 3.05) is 0 Å². The van der Waals surface area contributed by atoms with Gasteiger partial charge in [0.15, 0.2) is 0 Å². The van der Waals surface area contributed by atoms with Crippen molar-refractivity contribution in [3.8, 4) is 0 Å². The molecular weight excluding hydrogens is 387 g/mol. The Morgan fingerprint density at radius 1 is 0.842 bits per heavy atom. The van der Waals surface area contributed by atoms with Crippen LogP contribution in [-0.2, 0) is 0 Å². The average Bonchev–Trinajstić information content (AvgIpc) is 2.36. The summed E-state index contributed by atoms with van der Waals surface area (Å²) < 4.78 is 2.24. The van der Waals surface area contributed by atoms with Crippen molar-refractivity contribution in [3.05, 3.63) is 67.1 Å². The summed E-state index contributed by atoms with van der Waals surface area (Å²) in [4.78, 5) is 0. The zero-order valence-electron chi connectivity index (χ0n) is 11.1. The van der Waals surface area contributed by atoms with E-state index in [9.17, 15) is 0 Å². The molecule has 0 aromatic heterocycles. The van der Waals surface area contributed by atoms with Crippen LogP contribution in [0.15, 0.2) is 39.3 Å². The van der Waals surface area contributed by atoms with Gasteiger partial charge in [0.25, 0.3) is 0 Å². The van der Waals surface area contributed by atoms with Gasteiger partial charge < -0.3 is 0 Å². The molecule has 0 nitrogen and oxygen atoms in total. The van der Waals surface area contributed by atoms with Crippen LogP contribution in [0.4, 0.5) is 0 Å². The molecule has 0 aliphatic rings. The van der Waals surface area contributed by atoms with E-state index >= 15 is 0 Å². The Morgan fingerprint density at radius 2 is 1.47 bits per heavy atom. The van der Waals surface area contributed by atoms with Crippen molar-refractivity contribution in [2.24, 2.45) is 0 Å². The van der Waals surface area contributed by atoms with Gasteiger partial charge in [0.2, 0.25) is 0 Å². The van der Waals surface area contributed by atoms with Crippen molar-refractivity contribution < 1.29 is 0 Å². The van der Waals surface area contributed by atoms with Crippen LogP contribution in [0.5, 0.6) is 0 Å². The predicted octanol–water partition coefficient (Wildman–Crippen LogP) is 6.47. The van der Waals surface area contributed by atoms with Crippen LogP contribution in [0.25, 0.3) is 0 Å². The normalized spacial score (nSPS) is 12.5. The highest BCUT2D eigenvalue weighted by Gasteiger charge is 2.15. The Bertz CT molecular complexity index is 620. The molecule has 0 fully saturated rings. The maximum atomic E-state index is 6.65. The number of halogens is 3. The van der Waals surface area contributed by atoms with Crippen molar-refractivity contribution in [3.63, 3.8) is 0 Å². The fourth-order valence-corrected chi connectivity index (χ4v) is 3.16. The minimum absolute atomic E-state index is 0.112. The van der Waals surface area contributed by atoms with Gasteiger partial charge in [-0.05, 0) is 60.7 Å². The van der Waals surface area contributed by atoms with Crippen LogP contribution in [0.1, 0.15) is 33.2 Å². The van der Waals surface area contributed by atoms with Crippen LogP contribution >= 0.6 is 43.5 Å². The van der Waals surface area contributed by atoms with Gasteiger partial charge in [0.05, 0.1) is 5.38 Å². The lowest BCUT2D eigenvalue weighted by molar-refractivity contribution is 1.09. The lowest BCUT2D eigenvalue weighted by atomic mass is 9.97. The summed E-state index contributed by atoms with van der Waals surface area (Å²) in [6.07, 6.45) is 0. The average molecular weight is 403 g/mol. The molecular formula is C16H15Br2Cl. The molecule has 100 valence electrons. The predicted molar refractivity (Wildman–Crippen MR) is 90.2 cm³/mol. The Hall–Kier alpha value is -0.310. The van der Waals surface area contributed by atoms with Crippen LogP contribution in [0.2, 0.25) is 0 Å². The molecule has 0 bridgehead atoms. The van der Waals surface area contributed by atoms with E-state index in [4.69, 9.17) is 11.6 Å². The van der Waals surface area contributed by atoms with E-state index in [0.717, 1.165) is 14.5 Å². The number of rotatable bonds is 2. The molecule has 0 saturated carbocycles. The summed E-state index contributed by atoms with van der Waals surface area (Å²) in [5.41, 5.74) is 5.92. The third-order valence-electron chi connectivity index (χ3n) is 3.30. The van der Waals surface area contributed by atoms with Crippen molar-refractivity contribution >= 4 is 43.5 Å². The minimum Gasteiger partial charge on any atom is -0.113 e. The lowest BCUT2D eigenvalue weighted by Gasteiger charge is -2.16. The molecule has 0 amide bonds. The topological polar surface area (TPSA) is 0 Å². The van der Waals surface area contributed by atoms with E-state index < -0.39 is 0 Å². The maximum absolute atomic E-state index is 6.65. The second-order valence-corrected chi connectivity index (χ2v) is 6.97. The molecule has 0 saturated heterocycles. The molecule has 0 spiro atoms. The van der Waals surface area contributed by atoms with Gasteiger partial charge in [-0.15, -0.1) is 11.6 Å². The van der Waals surface area contributed by atoms with Crippen LogP contribution in [-0.4, -0.2) is 0 Å². The van der Waals surface area contributed by atoms with E-state index in [2.05, 4.69) is 83.0 Å². The van der Waals surface area contributed by atoms with Crippen molar-refractivity contribution in [1.29, 1.82) is 0 Å². The number of alkyl halides is 1. The number of benzene rings is 2. The summed E-state index contributed by atoms with van der Waals surface area (Å²) in [5, 5.41) is -0.112. The molecule has 0 aliphatic heterocycles. The second-order valence-electron chi connectivity index (χ2n) is 4.83. The first-order chi connectivity index (χ1) is 8.90. The highest BCUT2D eigenvalue weighted by Crippen LogP contribution is 2.35. The SMILES string of the molecule is Cc1cc(C(Cl)c2cc(C)c(Br)cc2C)ccc1Br. The molecule has 0 N–H and O–H groups in total. The van der Waals surface area contributed by atoms with Gasteiger partial charge in [-0.1, -0.05) is 50.1 Å². The largest absolute Gasteiger partial charge is 0.113 e. The molecule has 1 unspecified atom stereocenters. The summed E-state index contributed by atoms with van der Waals surface area (Å²) in [6, 6.07) is 10.6. The highest BCUT2D eigenvalue weighted by atomic mass is 79.9. The smallest absolute Gasteiger partial charge is 0.0838 e. The maximum Gasteiger partial charge on any atom is 0.0838 e. The number of hydrogen-bond donors (Lipinski definition) is 0. The van der Waals surface area contributed by atoms with E-state index in [1.165, 1.54) is 22.3 Å². The van der Waals surface area contributed by atoms with Gasteiger partial charge in [0, 0.05) is 8.95 Å². The molecule has 2 rings (SSSR count). The monoisotopic (exact) mass is 400 g/mol. The quantitative estimate of drug-likeness (QED) is 0.505. The first-order valence-electron chi connectivity index (χ1n) is 6.07. The molecule has 19 heavy (non-hydrogen) atoms. The molecule has 1 atom stereocenters. The van der Waals surface area contributed by atoms with E-state index in [1.807, 2.05) is 0 Å². The third-order valence-corrected chi connectivity index (χ3v) is 5.53. The van der Waals surface area contributed by atoms with Crippen molar-refractivity contribution in [1.82, 2.24) is 0 Å². The van der Waals surface area contributed by atoms with E-state index in [0.29, 0.717) is 0 Å². The summed E-state index contributed by atoms with van der Waals surface area (Å²) in [5.74, 6) is 0. The van der Waals surface area contributed by atoms with E-state index in [1.54, 1.807) is 0 Å². The van der Waals surface area contributed by atoms with E-state index in [-0.39, 0.29) is 5.38 Å². The van der Waals surface area contributed by atoms with Gasteiger partial charge in [-0.2, -0.15) is 0 Å².